The number of para-hydroxylation sites is 2. The average Bonchev–Trinajstić information content (AvgIpc) is 3.54. The molecule has 1 aromatic heterocycles. The fourth-order valence-electron chi connectivity index (χ4n) is 7.64. The molecule has 4 aliphatic heterocycles. The van der Waals surface area contributed by atoms with Crippen LogP contribution in [-0.4, -0.2) is 88.9 Å². The van der Waals surface area contributed by atoms with Crippen LogP contribution in [0.25, 0.3) is 11.0 Å². The number of fused-ring (bicyclic) bond motifs is 3. The first-order chi connectivity index (χ1) is 21.2. The Balaban J connectivity index is 1.34. The maximum absolute atomic E-state index is 14.8. The topological polar surface area (TPSA) is 112 Å². The Labute approximate surface area is 260 Å². The first-order valence-corrected chi connectivity index (χ1v) is 15.9. The predicted octanol–water partition coefficient (Wildman–Crippen LogP) is 3.09. The summed E-state index contributed by atoms with van der Waals surface area (Å²) < 4.78 is -0.0326. The Bertz CT molecular complexity index is 1690. The molecule has 3 aromatic rings. The smallest absolute Gasteiger partial charge is 0.248 e. The highest BCUT2D eigenvalue weighted by Gasteiger charge is 2.74. The van der Waals surface area contributed by atoms with E-state index in [1.54, 1.807) is 31.1 Å². The third kappa shape index (κ3) is 4.16. The summed E-state index contributed by atoms with van der Waals surface area (Å²) >= 11 is 1.54. The highest BCUT2D eigenvalue weighted by molar-refractivity contribution is 8.02. The number of carbonyl (C=O) groups is 3. The van der Waals surface area contributed by atoms with Gasteiger partial charge in [0.2, 0.25) is 17.7 Å². The van der Waals surface area contributed by atoms with Crippen molar-refractivity contribution in [1.29, 1.82) is 0 Å². The molecule has 0 radical (unpaired) electrons. The SMILES string of the molecule is CC(C)[C@H](CO)N1C(=O)[C@@H]2[C@H]3C(=O)N(c4ccccc4)CC=C[C@@]3(C)S[C@@]23C=CCN(Cn2nnc4ccccc42)C(=O)C13. The summed E-state index contributed by atoms with van der Waals surface area (Å²) in [5.74, 6) is -2.23. The van der Waals surface area contributed by atoms with Crippen LogP contribution in [0.4, 0.5) is 5.69 Å². The molecule has 7 rings (SSSR count). The molecule has 0 bridgehead atoms. The van der Waals surface area contributed by atoms with Gasteiger partial charge in [0.1, 0.15) is 18.2 Å². The molecule has 2 saturated heterocycles. The van der Waals surface area contributed by atoms with E-state index < -0.39 is 33.4 Å². The Morgan fingerprint density at radius 2 is 1.66 bits per heavy atom. The zero-order valence-corrected chi connectivity index (χ0v) is 25.8. The lowest BCUT2D eigenvalue weighted by Crippen LogP contribution is -2.58. The molecule has 11 heteroatoms. The third-order valence-electron chi connectivity index (χ3n) is 9.68. The van der Waals surface area contributed by atoms with E-state index in [9.17, 15) is 19.5 Å². The summed E-state index contributed by atoms with van der Waals surface area (Å²) in [4.78, 5) is 49.2. The normalized spacial score (nSPS) is 30.5. The van der Waals surface area contributed by atoms with Crippen LogP contribution >= 0.6 is 11.8 Å². The molecule has 2 aromatic carbocycles. The minimum absolute atomic E-state index is 0.116. The largest absolute Gasteiger partial charge is 0.394 e. The van der Waals surface area contributed by atoms with Crippen LogP contribution in [-0.2, 0) is 21.1 Å². The number of likely N-dealkylation sites (tertiary alicyclic amines) is 1. The molecule has 0 saturated carbocycles. The van der Waals surface area contributed by atoms with E-state index in [4.69, 9.17) is 0 Å². The fraction of sp³-hybridized carbons (Fsp3) is 0.424. The Hall–Kier alpha value is -3.96. The van der Waals surface area contributed by atoms with Gasteiger partial charge in [0.25, 0.3) is 0 Å². The number of aliphatic hydroxyl groups is 1. The minimum Gasteiger partial charge on any atom is -0.394 e. The van der Waals surface area contributed by atoms with E-state index in [2.05, 4.69) is 16.4 Å². The molecule has 44 heavy (non-hydrogen) atoms. The first kappa shape index (κ1) is 28.8. The minimum atomic E-state index is -1.01. The van der Waals surface area contributed by atoms with E-state index in [1.165, 1.54) is 0 Å². The van der Waals surface area contributed by atoms with Crippen LogP contribution in [0.15, 0.2) is 78.9 Å². The second-order valence-corrected chi connectivity index (χ2v) is 14.4. The Morgan fingerprint density at radius 1 is 0.932 bits per heavy atom. The standard InChI is InChI=1S/C33H36N6O4S/c1-21(2)25(19-40)39-28-31(43)36(20-38-24-14-8-7-13-23(24)34-35-38)17-10-16-33(28)27(30(39)42)26-29(41)37(22-11-5-4-6-12-22)18-9-15-32(26,3)44-33/h4-16,21,25-28,40H,17-20H2,1-3H3/t25-,26-,27-,28?,32+,33-/m0/s1. The summed E-state index contributed by atoms with van der Waals surface area (Å²) in [6.07, 6.45) is 8.01. The van der Waals surface area contributed by atoms with Gasteiger partial charge in [-0.1, -0.05) is 73.7 Å². The van der Waals surface area contributed by atoms with Gasteiger partial charge in [0.05, 0.1) is 34.7 Å². The molecular weight excluding hydrogens is 576 g/mol. The summed E-state index contributed by atoms with van der Waals surface area (Å²) in [6, 6.07) is 15.6. The van der Waals surface area contributed by atoms with E-state index in [1.807, 2.05) is 93.6 Å². The second-order valence-electron chi connectivity index (χ2n) is 12.6. The zero-order valence-electron chi connectivity index (χ0n) is 25.0. The predicted molar refractivity (Wildman–Crippen MR) is 168 cm³/mol. The van der Waals surface area contributed by atoms with Crippen LogP contribution in [0, 0.1) is 17.8 Å². The van der Waals surface area contributed by atoms with Crippen LogP contribution in [0.5, 0.6) is 0 Å². The van der Waals surface area contributed by atoms with Crippen molar-refractivity contribution >= 4 is 46.2 Å². The van der Waals surface area contributed by atoms with Crippen molar-refractivity contribution in [2.45, 2.75) is 49.0 Å². The number of nitrogens with zero attached hydrogens (tertiary/aromatic N) is 6. The molecule has 3 amide bonds. The molecule has 5 heterocycles. The highest BCUT2D eigenvalue weighted by Crippen LogP contribution is 2.66. The number of hydrogen-bond donors (Lipinski definition) is 1. The molecule has 0 aliphatic carbocycles. The maximum Gasteiger partial charge on any atom is 0.248 e. The molecule has 1 N–H and O–H groups in total. The van der Waals surface area contributed by atoms with Crippen molar-refractivity contribution in [1.82, 2.24) is 24.8 Å². The molecular formula is C33H36N6O4S. The van der Waals surface area contributed by atoms with Crippen molar-refractivity contribution in [3.63, 3.8) is 0 Å². The quantitative estimate of drug-likeness (QED) is 0.426. The van der Waals surface area contributed by atoms with Crippen molar-refractivity contribution in [3.05, 3.63) is 78.9 Å². The highest BCUT2D eigenvalue weighted by atomic mass is 32.2. The van der Waals surface area contributed by atoms with Crippen LogP contribution in [0.1, 0.15) is 20.8 Å². The van der Waals surface area contributed by atoms with Crippen molar-refractivity contribution in [2.75, 3.05) is 24.6 Å². The number of amides is 3. The third-order valence-corrected chi connectivity index (χ3v) is 11.5. The second kappa shape index (κ2) is 10.6. The van der Waals surface area contributed by atoms with Gasteiger partial charge < -0.3 is 19.8 Å². The van der Waals surface area contributed by atoms with E-state index >= 15 is 0 Å². The van der Waals surface area contributed by atoms with Crippen LogP contribution in [0.3, 0.4) is 0 Å². The lowest BCUT2D eigenvalue weighted by molar-refractivity contribution is -0.147. The van der Waals surface area contributed by atoms with Crippen molar-refractivity contribution in [3.8, 4) is 0 Å². The fourth-order valence-corrected chi connectivity index (χ4v) is 9.78. The molecule has 228 valence electrons. The molecule has 10 nitrogen and oxygen atoms in total. The van der Waals surface area contributed by atoms with Gasteiger partial charge in [-0.05, 0) is 37.1 Å². The van der Waals surface area contributed by atoms with E-state index in [0.29, 0.717) is 13.1 Å². The number of rotatable bonds is 6. The molecule has 1 spiro atoms. The lowest BCUT2D eigenvalue weighted by atomic mass is 9.74. The first-order valence-electron chi connectivity index (χ1n) is 15.1. The zero-order chi connectivity index (χ0) is 30.8. The Morgan fingerprint density at radius 3 is 2.41 bits per heavy atom. The van der Waals surface area contributed by atoms with Crippen molar-refractivity contribution < 1.29 is 19.5 Å². The number of thioether (sulfide) groups is 1. The lowest BCUT2D eigenvalue weighted by Gasteiger charge is -2.40. The maximum atomic E-state index is 14.8. The van der Waals surface area contributed by atoms with E-state index in [-0.39, 0.29) is 36.9 Å². The molecule has 1 unspecified atom stereocenters. The van der Waals surface area contributed by atoms with Gasteiger partial charge in [-0.2, -0.15) is 0 Å². The summed E-state index contributed by atoms with van der Waals surface area (Å²) in [7, 11) is 0. The number of aliphatic hydroxyl groups excluding tert-OH is 1. The van der Waals surface area contributed by atoms with Gasteiger partial charge in [-0.25, -0.2) is 4.68 Å². The van der Waals surface area contributed by atoms with Crippen molar-refractivity contribution in [2.24, 2.45) is 17.8 Å². The monoisotopic (exact) mass is 612 g/mol. The van der Waals surface area contributed by atoms with Gasteiger partial charge in [0.15, 0.2) is 0 Å². The molecule has 4 aliphatic rings. The number of benzene rings is 2. The van der Waals surface area contributed by atoms with Gasteiger partial charge in [-0.15, -0.1) is 16.9 Å². The number of aromatic nitrogens is 3. The van der Waals surface area contributed by atoms with Gasteiger partial charge in [-0.3, -0.25) is 14.4 Å². The van der Waals surface area contributed by atoms with Crippen LogP contribution < -0.4 is 4.90 Å². The summed E-state index contributed by atoms with van der Waals surface area (Å²) in [5.41, 5.74) is 2.30. The van der Waals surface area contributed by atoms with Crippen LogP contribution in [0.2, 0.25) is 0 Å². The van der Waals surface area contributed by atoms with Gasteiger partial charge in [0, 0.05) is 23.5 Å². The molecule has 2 fully saturated rings. The molecule has 6 atom stereocenters. The van der Waals surface area contributed by atoms with Gasteiger partial charge >= 0.3 is 0 Å². The Kier molecular flexibility index (Phi) is 6.93. The summed E-state index contributed by atoms with van der Waals surface area (Å²) in [5, 5.41) is 19.2. The van der Waals surface area contributed by atoms with E-state index in [0.717, 1.165) is 16.7 Å². The number of anilines is 1. The summed E-state index contributed by atoms with van der Waals surface area (Å²) in [6.45, 7) is 6.48. The number of carbonyl (C=O) groups excluding carboxylic acids is 3. The number of hydrogen-bond acceptors (Lipinski definition) is 7. The average molecular weight is 613 g/mol.